The first kappa shape index (κ1) is 5.20. The van der Waals surface area contributed by atoms with Gasteiger partial charge in [-0.25, -0.2) is 0 Å². The number of halogens is 1. The van der Waals surface area contributed by atoms with E-state index >= 15 is 0 Å². The van der Waals surface area contributed by atoms with Crippen LogP contribution in [0.1, 0.15) is 6.92 Å². The van der Waals surface area contributed by atoms with Crippen LogP contribution >= 0.6 is 22.9 Å². The normalized spacial score (nSPS) is 6.80. The number of amides is 1. The monoisotopic (exact) mass is 185 g/mol. The van der Waals surface area contributed by atoms with E-state index in [2.05, 4.69) is 3.53 Å². The van der Waals surface area contributed by atoms with Crippen molar-refractivity contribution in [1.82, 2.24) is 3.53 Å². The Morgan fingerprint density at radius 1 is 2.00 bits per heavy atom. The second kappa shape index (κ2) is 2.44. The molecule has 3 heteroatoms. The zero-order valence-electron chi connectivity index (χ0n) is 2.79. The van der Waals surface area contributed by atoms with Crippen LogP contribution in [0.15, 0.2) is 0 Å². The fraction of sp³-hybridized carbons (Fsp3) is 0.500. The molecule has 0 bridgehead atoms. The summed E-state index contributed by atoms with van der Waals surface area (Å²) in [7, 11) is 0. The molecule has 0 atom stereocenters. The molecule has 0 saturated heterocycles. The highest BCUT2D eigenvalue weighted by molar-refractivity contribution is 14.1. The van der Waals surface area contributed by atoms with E-state index in [1.165, 1.54) is 6.92 Å². The molecule has 0 spiro atoms. The fourth-order valence-corrected chi connectivity index (χ4v) is 0. The van der Waals surface area contributed by atoms with Gasteiger partial charge in [-0.05, 0) is 0 Å². The molecule has 0 saturated carbocycles. The van der Waals surface area contributed by atoms with Gasteiger partial charge in [-0.2, -0.15) is 0 Å². The maximum absolute atomic E-state index is 9.69. The van der Waals surface area contributed by atoms with Crippen molar-refractivity contribution in [3.05, 3.63) is 0 Å². The van der Waals surface area contributed by atoms with Crippen LogP contribution < -0.4 is 3.53 Å². The van der Waals surface area contributed by atoms with Gasteiger partial charge in [0.15, 0.2) is 0 Å². The third-order valence-corrected chi connectivity index (χ3v) is 0.893. The third kappa shape index (κ3) is 4.20. The number of nitrogens with one attached hydrogen (secondary N) is 1. The van der Waals surface area contributed by atoms with E-state index in [-0.39, 0.29) is 5.91 Å². The molecule has 0 heterocycles. The van der Waals surface area contributed by atoms with Crippen molar-refractivity contribution in [2.45, 2.75) is 6.92 Å². The summed E-state index contributed by atoms with van der Waals surface area (Å²) in [6, 6.07) is 0. The van der Waals surface area contributed by atoms with Crippen molar-refractivity contribution in [2.75, 3.05) is 0 Å². The molecule has 1 N–H and O–H groups in total. The smallest absolute Gasteiger partial charge is 0.225 e. The Kier molecular flexibility index (Phi) is 2.54. The average Bonchev–Trinajstić information content (AvgIpc) is 1.38. The standard InChI is InChI=1S/C2H4INO/c1-2(5)4-3/h1H3,(H,4,5). The van der Waals surface area contributed by atoms with Crippen molar-refractivity contribution in [1.29, 1.82) is 0 Å². The number of carbonyl (C=O) groups is 1. The summed E-state index contributed by atoms with van der Waals surface area (Å²) in [5, 5.41) is 0. The van der Waals surface area contributed by atoms with Crippen LogP contribution in [0.5, 0.6) is 0 Å². The zero-order chi connectivity index (χ0) is 4.28. The molecule has 0 unspecified atom stereocenters. The number of carbonyl (C=O) groups excluding carboxylic acids is 1. The van der Waals surface area contributed by atoms with Gasteiger partial charge in [-0.15, -0.1) is 0 Å². The van der Waals surface area contributed by atoms with Gasteiger partial charge in [-0.1, -0.05) is 0 Å². The lowest BCUT2D eigenvalue weighted by Gasteiger charge is -1.76. The highest BCUT2D eigenvalue weighted by Gasteiger charge is 1.74. The van der Waals surface area contributed by atoms with Crippen LogP contribution in [-0.4, -0.2) is 5.91 Å². The Bertz CT molecular complexity index is 44.9. The van der Waals surface area contributed by atoms with E-state index in [0.29, 0.717) is 0 Å². The lowest BCUT2D eigenvalue weighted by molar-refractivity contribution is -0.116. The van der Waals surface area contributed by atoms with E-state index < -0.39 is 0 Å². The van der Waals surface area contributed by atoms with Crippen molar-refractivity contribution >= 4 is 28.8 Å². The molecule has 0 aliphatic carbocycles. The van der Waals surface area contributed by atoms with Gasteiger partial charge in [-0.3, -0.25) is 8.32 Å². The number of hydrogen-bond acceptors (Lipinski definition) is 1. The SMILES string of the molecule is CC(=O)NI. The van der Waals surface area contributed by atoms with E-state index in [4.69, 9.17) is 0 Å². The van der Waals surface area contributed by atoms with E-state index in [1.807, 2.05) is 0 Å². The first-order chi connectivity index (χ1) is 2.27. The number of hydrogen-bond donors (Lipinski definition) is 1. The molecule has 0 aromatic rings. The lowest BCUT2D eigenvalue weighted by atomic mass is 10.8. The van der Waals surface area contributed by atoms with Gasteiger partial charge in [0.25, 0.3) is 0 Å². The topological polar surface area (TPSA) is 29.1 Å². The molecule has 1 amide bonds. The van der Waals surface area contributed by atoms with Crippen molar-refractivity contribution in [3.8, 4) is 0 Å². The zero-order valence-corrected chi connectivity index (χ0v) is 4.94. The second-order valence-electron chi connectivity index (χ2n) is 0.651. The minimum Gasteiger partial charge on any atom is -0.299 e. The van der Waals surface area contributed by atoms with E-state index in [9.17, 15) is 4.79 Å². The molecule has 0 aliphatic rings. The third-order valence-electron chi connectivity index (χ3n) is 0.133. The molecule has 0 aliphatic heterocycles. The Hall–Kier alpha value is 0.200. The van der Waals surface area contributed by atoms with Crippen molar-refractivity contribution < 1.29 is 4.79 Å². The summed E-state index contributed by atoms with van der Waals surface area (Å²) in [5.74, 6) is -0.00870. The minimum absolute atomic E-state index is 0.00870. The quantitative estimate of drug-likeness (QED) is 0.431. The van der Waals surface area contributed by atoms with Gasteiger partial charge in [0.1, 0.15) is 0 Å². The highest BCUT2D eigenvalue weighted by atomic mass is 127. The van der Waals surface area contributed by atoms with Gasteiger partial charge in [0, 0.05) is 6.92 Å². The maximum atomic E-state index is 9.69. The van der Waals surface area contributed by atoms with Gasteiger partial charge in [0.2, 0.25) is 5.91 Å². The molecule has 0 fully saturated rings. The summed E-state index contributed by atoms with van der Waals surface area (Å²) in [5.41, 5.74) is 0. The molecular formula is C2H4INO. The van der Waals surface area contributed by atoms with E-state index in [1.54, 1.807) is 22.9 Å². The lowest BCUT2D eigenvalue weighted by Crippen LogP contribution is -2.03. The molecular weight excluding hydrogens is 181 g/mol. The van der Waals surface area contributed by atoms with Crippen LogP contribution in [0.4, 0.5) is 0 Å². The van der Waals surface area contributed by atoms with Crippen molar-refractivity contribution in [3.63, 3.8) is 0 Å². The number of rotatable bonds is 0. The molecule has 2 nitrogen and oxygen atoms in total. The fourth-order valence-electron chi connectivity index (χ4n) is 0. The average molecular weight is 185 g/mol. The molecule has 0 aromatic carbocycles. The molecule has 0 rings (SSSR count). The summed E-state index contributed by atoms with van der Waals surface area (Å²) < 4.78 is 2.36. The first-order valence-corrected chi connectivity index (χ1v) is 2.22. The summed E-state index contributed by atoms with van der Waals surface area (Å²) in [4.78, 5) is 9.69. The van der Waals surface area contributed by atoms with Crippen LogP contribution in [0, 0.1) is 0 Å². The molecule has 30 valence electrons. The maximum Gasteiger partial charge on any atom is 0.225 e. The predicted molar refractivity (Wildman–Crippen MR) is 27.8 cm³/mol. The summed E-state index contributed by atoms with van der Waals surface area (Å²) >= 11 is 1.78. The predicted octanol–water partition coefficient (Wildman–Crippen LogP) is 0.473. The molecule has 5 heavy (non-hydrogen) atoms. The summed E-state index contributed by atoms with van der Waals surface area (Å²) in [6.07, 6.45) is 0. The van der Waals surface area contributed by atoms with Crippen LogP contribution in [0.3, 0.4) is 0 Å². The van der Waals surface area contributed by atoms with Crippen LogP contribution in [0.2, 0.25) is 0 Å². The largest absolute Gasteiger partial charge is 0.299 e. The Balaban J connectivity index is 2.85. The molecule has 0 radical (unpaired) electrons. The van der Waals surface area contributed by atoms with Gasteiger partial charge < -0.3 is 0 Å². The Morgan fingerprint density at radius 3 is 2.20 bits per heavy atom. The van der Waals surface area contributed by atoms with Gasteiger partial charge in [0.05, 0.1) is 22.9 Å². The Labute approximate surface area is 44.4 Å². The van der Waals surface area contributed by atoms with Crippen molar-refractivity contribution in [2.24, 2.45) is 0 Å². The highest BCUT2D eigenvalue weighted by Crippen LogP contribution is 1.64. The molecule has 0 aromatic heterocycles. The second-order valence-corrected chi connectivity index (χ2v) is 1.19. The Morgan fingerprint density at radius 2 is 2.20 bits per heavy atom. The van der Waals surface area contributed by atoms with Crippen LogP contribution in [-0.2, 0) is 4.79 Å². The summed E-state index contributed by atoms with van der Waals surface area (Å²) in [6.45, 7) is 1.46. The minimum atomic E-state index is -0.00870. The first-order valence-electron chi connectivity index (χ1n) is 1.14. The van der Waals surface area contributed by atoms with Crippen LogP contribution in [0.25, 0.3) is 0 Å². The van der Waals surface area contributed by atoms with Gasteiger partial charge >= 0.3 is 0 Å². The van der Waals surface area contributed by atoms with E-state index in [0.717, 1.165) is 0 Å².